The van der Waals surface area contributed by atoms with Crippen LogP contribution in [-0.4, -0.2) is 33.9 Å². The summed E-state index contributed by atoms with van der Waals surface area (Å²) in [4.78, 5) is 11.1. The van der Waals surface area contributed by atoms with Crippen LogP contribution in [0.4, 0.5) is 5.69 Å². The van der Waals surface area contributed by atoms with Crippen LogP contribution < -0.4 is 19.7 Å². The zero-order valence-corrected chi connectivity index (χ0v) is 20.0. The van der Waals surface area contributed by atoms with Crippen molar-refractivity contribution in [1.82, 2.24) is 19.9 Å². The number of rotatable bonds is 6. The van der Waals surface area contributed by atoms with E-state index >= 15 is 0 Å². The Morgan fingerprint density at radius 3 is 2.56 bits per heavy atom. The molecule has 5 rings (SSSR count). The third-order valence-corrected chi connectivity index (χ3v) is 6.37. The number of benzene rings is 1. The highest BCUT2D eigenvalue weighted by molar-refractivity contribution is 7.80. The minimum Gasteiger partial charge on any atom is -0.497 e. The van der Waals surface area contributed by atoms with Crippen LogP contribution in [0.1, 0.15) is 29.2 Å². The largest absolute Gasteiger partial charge is 0.497 e. The van der Waals surface area contributed by atoms with E-state index in [0.717, 1.165) is 28.5 Å². The van der Waals surface area contributed by atoms with Crippen LogP contribution in [-0.2, 0) is 0 Å². The molecule has 0 unspecified atom stereocenters. The first-order chi connectivity index (χ1) is 16.6. The topological polar surface area (TPSA) is 64.4 Å². The number of hydrogen-bond acceptors (Lipinski definition) is 5. The predicted octanol–water partition coefficient (Wildman–Crippen LogP) is 4.77. The lowest BCUT2D eigenvalue weighted by Gasteiger charge is -2.30. The van der Waals surface area contributed by atoms with Crippen LogP contribution in [0.15, 0.2) is 79.3 Å². The average Bonchev–Trinajstić information content (AvgIpc) is 3.43. The van der Waals surface area contributed by atoms with Crippen LogP contribution in [0.3, 0.4) is 0 Å². The molecule has 1 aromatic carbocycles. The summed E-state index contributed by atoms with van der Waals surface area (Å²) in [6.07, 6.45) is 5.45. The Hall–Kier alpha value is -3.91. The van der Waals surface area contributed by atoms with Gasteiger partial charge in [-0.1, -0.05) is 6.07 Å². The fourth-order valence-corrected chi connectivity index (χ4v) is 4.87. The fourth-order valence-electron chi connectivity index (χ4n) is 4.53. The lowest BCUT2D eigenvalue weighted by molar-refractivity contribution is 0.394. The van der Waals surface area contributed by atoms with Crippen LogP contribution in [0.5, 0.6) is 11.5 Å². The molecule has 172 valence electrons. The number of nitrogens with zero attached hydrogens (tertiary/aromatic N) is 4. The molecule has 0 saturated carbocycles. The summed E-state index contributed by atoms with van der Waals surface area (Å²) >= 11 is 5.89. The molecule has 34 heavy (non-hydrogen) atoms. The van der Waals surface area contributed by atoms with E-state index in [2.05, 4.69) is 49.9 Å². The summed E-state index contributed by atoms with van der Waals surface area (Å²) in [6.45, 7) is 2.09. The number of methoxy groups -OCH3 is 2. The number of hydrogen-bond donors (Lipinski definition) is 1. The molecule has 0 spiro atoms. The summed E-state index contributed by atoms with van der Waals surface area (Å²) in [5, 5.41) is 4.11. The minimum atomic E-state index is -0.196. The first-order valence-corrected chi connectivity index (χ1v) is 11.3. The van der Waals surface area contributed by atoms with Gasteiger partial charge in [-0.2, -0.15) is 0 Å². The molecular weight excluding hydrogens is 446 g/mol. The number of aryl methyl sites for hydroxylation is 1. The van der Waals surface area contributed by atoms with Crippen LogP contribution in [0.25, 0.3) is 5.69 Å². The van der Waals surface area contributed by atoms with Gasteiger partial charge in [0, 0.05) is 29.8 Å². The predicted molar refractivity (Wildman–Crippen MR) is 136 cm³/mol. The van der Waals surface area contributed by atoms with Crippen molar-refractivity contribution in [2.75, 3.05) is 19.1 Å². The highest BCUT2D eigenvalue weighted by atomic mass is 32.1. The molecule has 0 bridgehead atoms. The van der Waals surface area contributed by atoms with Gasteiger partial charge in [0.1, 0.15) is 17.5 Å². The van der Waals surface area contributed by atoms with Crippen LogP contribution in [0, 0.1) is 6.92 Å². The molecule has 7 nitrogen and oxygen atoms in total. The molecule has 2 atom stereocenters. The highest BCUT2D eigenvalue weighted by Gasteiger charge is 2.43. The summed E-state index contributed by atoms with van der Waals surface area (Å²) in [6, 6.07) is 19.6. The minimum absolute atomic E-state index is 0.176. The van der Waals surface area contributed by atoms with Crippen molar-refractivity contribution >= 4 is 23.0 Å². The molecule has 3 aromatic heterocycles. The Morgan fingerprint density at radius 2 is 1.85 bits per heavy atom. The summed E-state index contributed by atoms with van der Waals surface area (Å²) in [5.41, 5.74) is 4.90. The molecule has 1 fully saturated rings. The number of nitrogens with one attached hydrogen (secondary N) is 1. The van der Waals surface area contributed by atoms with Gasteiger partial charge in [0.2, 0.25) is 0 Å². The van der Waals surface area contributed by atoms with Crippen molar-refractivity contribution in [3.05, 3.63) is 96.3 Å². The SMILES string of the molecule is COc1ccc(N2C(=S)N[C@H](c3ccccn3)[C@H]2c2ccc(C)n2-c2cccnc2)c(OC)c1. The second kappa shape index (κ2) is 9.15. The van der Waals surface area contributed by atoms with E-state index in [0.29, 0.717) is 16.6 Å². The van der Waals surface area contributed by atoms with E-state index in [1.165, 1.54) is 0 Å². The maximum absolute atomic E-state index is 5.89. The molecular formula is C26H25N5O2S. The van der Waals surface area contributed by atoms with Gasteiger partial charge >= 0.3 is 0 Å². The van der Waals surface area contributed by atoms with E-state index in [-0.39, 0.29) is 12.1 Å². The monoisotopic (exact) mass is 471 g/mol. The number of aromatic nitrogens is 3. The molecule has 1 saturated heterocycles. The van der Waals surface area contributed by atoms with Gasteiger partial charge < -0.3 is 24.3 Å². The first-order valence-electron chi connectivity index (χ1n) is 10.9. The van der Waals surface area contributed by atoms with Gasteiger partial charge in [0.25, 0.3) is 0 Å². The van der Waals surface area contributed by atoms with Gasteiger partial charge in [-0.05, 0) is 67.7 Å². The van der Waals surface area contributed by atoms with Gasteiger partial charge in [-0.3, -0.25) is 9.97 Å². The smallest absolute Gasteiger partial charge is 0.174 e. The molecule has 1 aliphatic heterocycles. The quantitative estimate of drug-likeness (QED) is 0.407. The molecule has 0 radical (unpaired) electrons. The Bertz CT molecular complexity index is 1310. The van der Waals surface area contributed by atoms with Gasteiger partial charge in [-0.25, -0.2) is 0 Å². The van der Waals surface area contributed by atoms with Crippen LogP contribution >= 0.6 is 12.2 Å². The molecule has 4 heterocycles. The lowest BCUT2D eigenvalue weighted by Crippen LogP contribution is -2.30. The van der Waals surface area contributed by atoms with Crippen molar-refractivity contribution in [2.24, 2.45) is 0 Å². The fraction of sp³-hybridized carbons (Fsp3) is 0.192. The van der Waals surface area contributed by atoms with Crippen molar-refractivity contribution in [2.45, 2.75) is 19.0 Å². The maximum Gasteiger partial charge on any atom is 0.174 e. The molecule has 4 aromatic rings. The Balaban J connectivity index is 1.72. The average molecular weight is 472 g/mol. The third kappa shape index (κ3) is 3.76. The van der Waals surface area contributed by atoms with E-state index in [9.17, 15) is 0 Å². The second-order valence-corrected chi connectivity index (χ2v) is 8.37. The molecule has 0 amide bonds. The summed E-state index contributed by atoms with van der Waals surface area (Å²) in [7, 11) is 3.29. The van der Waals surface area contributed by atoms with Crippen LogP contribution in [0.2, 0.25) is 0 Å². The Labute approximate surface area is 204 Å². The zero-order valence-electron chi connectivity index (χ0n) is 19.2. The van der Waals surface area contributed by atoms with E-state index < -0.39 is 0 Å². The van der Waals surface area contributed by atoms with Gasteiger partial charge in [0.15, 0.2) is 5.11 Å². The van der Waals surface area contributed by atoms with E-state index in [1.807, 2.05) is 48.7 Å². The second-order valence-electron chi connectivity index (χ2n) is 7.98. The number of anilines is 1. The van der Waals surface area contributed by atoms with Crippen molar-refractivity contribution < 1.29 is 9.47 Å². The number of pyridine rings is 2. The molecule has 8 heteroatoms. The summed E-state index contributed by atoms with van der Waals surface area (Å²) < 4.78 is 13.4. The normalized spacial score (nSPS) is 17.5. The van der Waals surface area contributed by atoms with Gasteiger partial charge in [0.05, 0.1) is 43.5 Å². The van der Waals surface area contributed by atoms with E-state index in [1.54, 1.807) is 26.6 Å². The van der Waals surface area contributed by atoms with E-state index in [4.69, 9.17) is 21.7 Å². The highest BCUT2D eigenvalue weighted by Crippen LogP contribution is 2.46. The van der Waals surface area contributed by atoms with Gasteiger partial charge in [-0.15, -0.1) is 0 Å². The molecule has 1 aliphatic rings. The molecule has 0 aliphatic carbocycles. The Morgan fingerprint density at radius 1 is 0.971 bits per heavy atom. The standard InChI is InChI=1S/C26H25N5O2S/c1-17-9-11-22(30(17)18-7-6-13-27-16-18)25-24(20-8-4-5-14-28-20)29-26(34)31(25)21-12-10-19(32-2)15-23(21)33-3/h4-16,24-25H,1-3H3,(H,29,34)/t24-,25-/m1/s1. The number of thiocarbonyl (C=S) groups is 1. The van der Waals surface area contributed by atoms with Crippen molar-refractivity contribution in [1.29, 1.82) is 0 Å². The maximum atomic E-state index is 5.89. The number of ether oxygens (including phenoxy) is 2. The molecule has 1 N–H and O–H groups in total. The summed E-state index contributed by atoms with van der Waals surface area (Å²) in [5.74, 6) is 1.39. The first kappa shape index (κ1) is 21.9. The third-order valence-electron chi connectivity index (χ3n) is 6.06. The zero-order chi connectivity index (χ0) is 23.7. The van der Waals surface area contributed by atoms with Crippen molar-refractivity contribution in [3.63, 3.8) is 0 Å². The Kier molecular flexibility index (Phi) is 5.90. The lowest BCUT2D eigenvalue weighted by atomic mass is 10.0. The van der Waals surface area contributed by atoms with Crippen molar-refractivity contribution in [3.8, 4) is 17.2 Å².